The topological polar surface area (TPSA) is 34.1 Å². The van der Waals surface area contributed by atoms with E-state index in [1.807, 2.05) is 30.3 Å². The molecule has 0 saturated heterocycles. The molecule has 1 aromatic carbocycles. The average Bonchev–Trinajstić information content (AvgIpc) is 2.41. The van der Waals surface area contributed by atoms with Crippen LogP contribution in [0.1, 0.15) is 0 Å². The maximum atomic E-state index is 5.01. The molecule has 0 aliphatic rings. The van der Waals surface area contributed by atoms with E-state index in [-0.39, 0.29) is 0 Å². The largest absolute Gasteiger partial charge is 0.383 e. The molecular formula is C14H15N2O. The van der Waals surface area contributed by atoms with E-state index >= 15 is 0 Å². The van der Waals surface area contributed by atoms with Crippen LogP contribution >= 0.6 is 0 Å². The van der Waals surface area contributed by atoms with Gasteiger partial charge in [-0.05, 0) is 29.8 Å². The van der Waals surface area contributed by atoms with Crippen LogP contribution in [-0.2, 0) is 4.74 Å². The number of benzene rings is 1. The Labute approximate surface area is 101 Å². The van der Waals surface area contributed by atoms with Gasteiger partial charge in [-0.25, -0.2) is 4.98 Å². The first-order chi connectivity index (χ1) is 8.42. The van der Waals surface area contributed by atoms with Crippen molar-refractivity contribution in [1.82, 2.24) is 4.98 Å². The Hall–Kier alpha value is -1.87. The van der Waals surface area contributed by atoms with Gasteiger partial charge in [0.2, 0.25) is 0 Å². The van der Waals surface area contributed by atoms with E-state index in [0.29, 0.717) is 6.61 Å². The first-order valence-electron chi connectivity index (χ1n) is 5.56. The number of hydrogen-bond donors (Lipinski definition) is 1. The smallest absolute Gasteiger partial charge is 0.133 e. The molecular weight excluding hydrogens is 212 g/mol. The number of hydrogen-bond acceptors (Lipinski definition) is 3. The molecule has 0 spiro atoms. The van der Waals surface area contributed by atoms with Crippen molar-refractivity contribution in [2.24, 2.45) is 0 Å². The molecule has 0 amide bonds. The second kappa shape index (κ2) is 6.01. The second-order valence-corrected chi connectivity index (χ2v) is 3.61. The monoisotopic (exact) mass is 227 g/mol. The minimum Gasteiger partial charge on any atom is -0.383 e. The molecule has 1 radical (unpaired) electrons. The van der Waals surface area contributed by atoms with Crippen molar-refractivity contribution >= 4 is 5.82 Å². The van der Waals surface area contributed by atoms with E-state index in [1.165, 1.54) is 0 Å². The van der Waals surface area contributed by atoms with Crippen LogP contribution in [0.4, 0.5) is 5.82 Å². The molecule has 2 rings (SSSR count). The minimum absolute atomic E-state index is 0.664. The third-order valence-corrected chi connectivity index (χ3v) is 2.42. The highest BCUT2D eigenvalue weighted by atomic mass is 16.5. The number of rotatable bonds is 5. The summed E-state index contributed by atoms with van der Waals surface area (Å²) >= 11 is 0. The van der Waals surface area contributed by atoms with Gasteiger partial charge in [0.25, 0.3) is 0 Å². The van der Waals surface area contributed by atoms with E-state index in [4.69, 9.17) is 4.74 Å². The van der Waals surface area contributed by atoms with Gasteiger partial charge >= 0.3 is 0 Å². The van der Waals surface area contributed by atoms with Crippen LogP contribution < -0.4 is 5.32 Å². The molecule has 1 aromatic heterocycles. The van der Waals surface area contributed by atoms with Crippen molar-refractivity contribution in [3.63, 3.8) is 0 Å². The number of pyridine rings is 1. The molecule has 0 unspecified atom stereocenters. The van der Waals surface area contributed by atoms with E-state index in [2.05, 4.69) is 22.4 Å². The zero-order valence-corrected chi connectivity index (χ0v) is 9.81. The molecule has 0 aliphatic heterocycles. The fraction of sp³-hybridized carbons (Fsp3) is 0.214. The summed E-state index contributed by atoms with van der Waals surface area (Å²) in [7, 11) is 1.69. The van der Waals surface area contributed by atoms with Crippen molar-refractivity contribution in [3.8, 4) is 11.1 Å². The highest BCUT2D eigenvalue weighted by Crippen LogP contribution is 2.24. The number of ether oxygens (including phenoxy) is 1. The second-order valence-electron chi connectivity index (χ2n) is 3.61. The molecule has 2 aromatic rings. The predicted octanol–water partition coefficient (Wildman–Crippen LogP) is 2.61. The number of methoxy groups -OCH3 is 1. The lowest BCUT2D eigenvalue weighted by Crippen LogP contribution is -2.09. The Kier molecular flexibility index (Phi) is 4.11. The molecule has 0 atom stereocenters. The molecule has 1 N–H and O–H groups in total. The van der Waals surface area contributed by atoms with Gasteiger partial charge < -0.3 is 10.1 Å². The van der Waals surface area contributed by atoms with Crippen LogP contribution in [0, 0.1) is 6.07 Å². The zero-order chi connectivity index (χ0) is 11.9. The van der Waals surface area contributed by atoms with Crippen molar-refractivity contribution < 1.29 is 4.74 Å². The molecule has 1 heterocycles. The third kappa shape index (κ3) is 3.04. The highest BCUT2D eigenvalue weighted by Gasteiger charge is 2.04. The SMILES string of the molecule is COCCNc1ncccc1-c1c[c]ccc1. The van der Waals surface area contributed by atoms with Crippen molar-refractivity contribution in [2.45, 2.75) is 0 Å². The Morgan fingerprint density at radius 2 is 2.29 bits per heavy atom. The lowest BCUT2D eigenvalue weighted by molar-refractivity contribution is 0.210. The Bertz CT molecular complexity index is 457. The molecule has 0 bridgehead atoms. The highest BCUT2D eigenvalue weighted by molar-refractivity contribution is 5.74. The summed E-state index contributed by atoms with van der Waals surface area (Å²) in [5.41, 5.74) is 2.20. The van der Waals surface area contributed by atoms with Gasteiger partial charge in [-0.15, -0.1) is 0 Å². The summed E-state index contributed by atoms with van der Waals surface area (Å²) in [5, 5.41) is 3.26. The standard InChI is InChI=1S/C14H15N2O/c1-17-11-10-16-14-13(8-5-9-15-14)12-6-3-2-4-7-12/h2-3,5-9H,10-11H2,1H3,(H,15,16). The molecule has 3 nitrogen and oxygen atoms in total. The Balaban J connectivity index is 2.22. The normalized spacial score (nSPS) is 10.2. The van der Waals surface area contributed by atoms with Crippen LogP contribution in [-0.4, -0.2) is 25.2 Å². The fourth-order valence-corrected chi connectivity index (χ4v) is 1.61. The quantitative estimate of drug-likeness (QED) is 0.797. The van der Waals surface area contributed by atoms with Gasteiger partial charge in [-0.1, -0.05) is 18.2 Å². The lowest BCUT2D eigenvalue weighted by Gasteiger charge is -2.10. The fourth-order valence-electron chi connectivity index (χ4n) is 1.61. The average molecular weight is 227 g/mol. The number of aromatic nitrogens is 1. The van der Waals surface area contributed by atoms with Crippen LogP contribution in [0.3, 0.4) is 0 Å². The first-order valence-corrected chi connectivity index (χ1v) is 5.56. The van der Waals surface area contributed by atoms with Gasteiger partial charge in [0, 0.05) is 25.4 Å². The van der Waals surface area contributed by atoms with Crippen LogP contribution in [0.25, 0.3) is 11.1 Å². The molecule has 0 fully saturated rings. The zero-order valence-electron chi connectivity index (χ0n) is 9.81. The maximum absolute atomic E-state index is 5.01. The molecule has 17 heavy (non-hydrogen) atoms. The number of anilines is 1. The Morgan fingerprint density at radius 1 is 1.35 bits per heavy atom. The van der Waals surface area contributed by atoms with Gasteiger partial charge in [0.1, 0.15) is 5.82 Å². The van der Waals surface area contributed by atoms with Gasteiger partial charge in [-0.2, -0.15) is 0 Å². The molecule has 87 valence electrons. The summed E-state index contributed by atoms with van der Waals surface area (Å²) in [6.07, 6.45) is 1.78. The summed E-state index contributed by atoms with van der Waals surface area (Å²) in [6.45, 7) is 1.41. The summed E-state index contributed by atoms with van der Waals surface area (Å²) in [6, 6.07) is 14.9. The van der Waals surface area contributed by atoms with Gasteiger partial charge in [0.15, 0.2) is 0 Å². The molecule has 0 aliphatic carbocycles. The molecule has 3 heteroatoms. The summed E-state index contributed by atoms with van der Waals surface area (Å²) < 4.78 is 5.01. The third-order valence-electron chi connectivity index (χ3n) is 2.42. The first kappa shape index (κ1) is 11.6. The van der Waals surface area contributed by atoms with Crippen molar-refractivity contribution in [1.29, 1.82) is 0 Å². The van der Waals surface area contributed by atoms with Gasteiger partial charge in [-0.3, -0.25) is 0 Å². The van der Waals surface area contributed by atoms with Crippen molar-refractivity contribution in [2.75, 3.05) is 25.6 Å². The van der Waals surface area contributed by atoms with E-state index in [0.717, 1.165) is 23.5 Å². The summed E-state index contributed by atoms with van der Waals surface area (Å²) in [5.74, 6) is 0.879. The number of nitrogens with zero attached hydrogens (tertiary/aromatic N) is 1. The Morgan fingerprint density at radius 3 is 3.06 bits per heavy atom. The lowest BCUT2D eigenvalue weighted by atomic mass is 10.1. The maximum Gasteiger partial charge on any atom is 0.133 e. The summed E-state index contributed by atoms with van der Waals surface area (Å²) in [4.78, 5) is 4.35. The van der Waals surface area contributed by atoms with E-state index < -0.39 is 0 Å². The van der Waals surface area contributed by atoms with Crippen LogP contribution in [0.15, 0.2) is 42.6 Å². The van der Waals surface area contributed by atoms with Crippen molar-refractivity contribution in [3.05, 3.63) is 48.7 Å². The van der Waals surface area contributed by atoms with E-state index in [1.54, 1.807) is 13.3 Å². The van der Waals surface area contributed by atoms with Gasteiger partial charge in [0.05, 0.1) is 6.61 Å². The molecule has 0 saturated carbocycles. The number of nitrogens with one attached hydrogen (secondary N) is 1. The van der Waals surface area contributed by atoms with Crippen LogP contribution in [0.5, 0.6) is 0 Å². The predicted molar refractivity (Wildman–Crippen MR) is 68.9 cm³/mol. The van der Waals surface area contributed by atoms with E-state index in [9.17, 15) is 0 Å². The minimum atomic E-state index is 0.664. The van der Waals surface area contributed by atoms with Crippen LogP contribution in [0.2, 0.25) is 0 Å².